The summed E-state index contributed by atoms with van der Waals surface area (Å²) in [6.07, 6.45) is 3.33. The number of hydrogen-bond donors (Lipinski definition) is 4. The third kappa shape index (κ3) is 8.08. The lowest BCUT2D eigenvalue weighted by atomic mass is 10.0. The van der Waals surface area contributed by atoms with Gasteiger partial charge >= 0.3 is 6.05 Å². The number of rotatable bonds is 12. The van der Waals surface area contributed by atoms with Crippen molar-refractivity contribution in [3.05, 3.63) is 64.6 Å². The number of hydrogen-bond acceptors (Lipinski definition) is 11. The van der Waals surface area contributed by atoms with E-state index in [1.807, 2.05) is 0 Å². The van der Waals surface area contributed by atoms with Gasteiger partial charge in [0.25, 0.3) is 5.91 Å². The Morgan fingerprint density at radius 3 is 2.52 bits per heavy atom. The molecule has 0 atom stereocenters. The van der Waals surface area contributed by atoms with Gasteiger partial charge in [-0.25, -0.2) is 17.8 Å². The second-order valence-electron chi connectivity index (χ2n) is 11.9. The van der Waals surface area contributed by atoms with Crippen LogP contribution in [-0.2, 0) is 27.4 Å². The highest BCUT2D eigenvalue weighted by molar-refractivity contribution is 7.92. The maximum absolute atomic E-state index is 15.3. The number of benzene rings is 2. The summed E-state index contributed by atoms with van der Waals surface area (Å²) in [5.41, 5.74) is 5.81. The van der Waals surface area contributed by atoms with E-state index in [-0.39, 0.29) is 41.4 Å². The Balaban J connectivity index is 1.34. The molecule has 1 amide bonds. The molecular formula is C31H39F3N8O5S. The number of ether oxygens (including phenoxy) is 2. The predicted molar refractivity (Wildman–Crippen MR) is 175 cm³/mol. The SMILES string of the molecule is COc1cc(C(=O)NC2CCN(C3COC3)CC2)c(F)cc1Nc1ncc(C(N)(F)F)c(NCc2ccc(C)cc2N(C)S(C)(=O)=O)n1. The van der Waals surface area contributed by atoms with E-state index in [1.165, 1.54) is 20.2 Å². The van der Waals surface area contributed by atoms with Crippen LogP contribution in [0, 0.1) is 12.7 Å². The summed E-state index contributed by atoms with van der Waals surface area (Å²) in [7, 11) is -0.907. The number of methoxy groups -OCH3 is 1. The molecule has 48 heavy (non-hydrogen) atoms. The number of nitrogens with one attached hydrogen (secondary N) is 3. The third-order valence-corrected chi connectivity index (χ3v) is 9.65. The fourth-order valence-electron chi connectivity index (χ4n) is 5.52. The van der Waals surface area contributed by atoms with E-state index >= 15 is 4.39 Å². The van der Waals surface area contributed by atoms with E-state index in [9.17, 15) is 22.0 Å². The number of aromatic nitrogens is 2. The van der Waals surface area contributed by atoms with Crippen molar-refractivity contribution < 1.29 is 35.9 Å². The van der Waals surface area contributed by atoms with Crippen LogP contribution < -0.4 is 30.7 Å². The van der Waals surface area contributed by atoms with Crippen molar-refractivity contribution >= 4 is 39.1 Å². The number of likely N-dealkylation sites (tertiary alicyclic amines) is 1. The van der Waals surface area contributed by atoms with Crippen molar-refractivity contribution in [3.8, 4) is 5.75 Å². The summed E-state index contributed by atoms with van der Waals surface area (Å²) >= 11 is 0. The zero-order valence-electron chi connectivity index (χ0n) is 27.0. The number of sulfonamides is 1. The first kappa shape index (κ1) is 35.1. The van der Waals surface area contributed by atoms with Gasteiger partial charge in [-0.15, -0.1) is 0 Å². The van der Waals surface area contributed by atoms with Crippen molar-refractivity contribution in [2.24, 2.45) is 5.73 Å². The van der Waals surface area contributed by atoms with Crippen LogP contribution in [0.25, 0.3) is 0 Å². The van der Waals surface area contributed by atoms with Crippen LogP contribution in [0.15, 0.2) is 36.5 Å². The molecule has 5 N–H and O–H groups in total. The Labute approximate surface area is 277 Å². The molecule has 3 heterocycles. The van der Waals surface area contributed by atoms with Gasteiger partial charge in [-0.1, -0.05) is 12.1 Å². The van der Waals surface area contributed by atoms with Crippen LogP contribution in [0.3, 0.4) is 0 Å². The van der Waals surface area contributed by atoms with Gasteiger partial charge in [-0.2, -0.15) is 13.8 Å². The van der Waals surface area contributed by atoms with Crippen LogP contribution in [0.1, 0.15) is 39.9 Å². The number of alkyl halides is 2. The van der Waals surface area contributed by atoms with Gasteiger partial charge in [0.15, 0.2) is 0 Å². The molecule has 0 aliphatic carbocycles. The molecule has 2 fully saturated rings. The molecule has 0 unspecified atom stereocenters. The van der Waals surface area contributed by atoms with Crippen LogP contribution in [-0.4, -0.2) is 88.0 Å². The van der Waals surface area contributed by atoms with E-state index in [4.69, 9.17) is 15.2 Å². The van der Waals surface area contributed by atoms with E-state index in [1.54, 1.807) is 25.1 Å². The second kappa shape index (κ2) is 14.1. The van der Waals surface area contributed by atoms with Crippen LogP contribution >= 0.6 is 0 Å². The fourth-order valence-corrected chi connectivity index (χ4v) is 6.04. The molecule has 5 rings (SSSR count). The Kier molecular flexibility index (Phi) is 10.3. The smallest absolute Gasteiger partial charge is 0.332 e. The Hall–Kier alpha value is -4.19. The minimum absolute atomic E-state index is 0.0383. The molecule has 2 aliphatic heterocycles. The number of nitrogens with zero attached hydrogens (tertiary/aromatic N) is 4. The number of nitrogens with two attached hydrogens (primary N) is 1. The summed E-state index contributed by atoms with van der Waals surface area (Å²) in [6, 6.07) is 3.82. The van der Waals surface area contributed by atoms with E-state index in [0.717, 1.165) is 54.3 Å². The third-order valence-electron chi connectivity index (χ3n) is 8.45. The first-order valence-electron chi connectivity index (χ1n) is 15.2. The summed E-state index contributed by atoms with van der Waals surface area (Å²) in [5, 5.41) is 8.48. The molecule has 2 aliphatic rings. The number of carbonyl (C=O) groups excluding carboxylic acids is 1. The molecule has 3 aromatic rings. The number of carbonyl (C=O) groups is 1. The molecule has 0 radical (unpaired) electrons. The van der Waals surface area contributed by atoms with Gasteiger partial charge in [0.05, 0.1) is 55.1 Å². The monoisotopic (exact) mass is 692 g/mol. The number of amides is 1. The lowest BCUT2D eigenvalue weighted by molar-refractivity contribution is -0.0716. The molecule has 260 valence electrons. The molecule has 0 bridgehead atoms. The first-order chi connectivity index (χ1) is 22.6. The standard InChI is InChI=1S/C31H39F3N8O5S/c1-18-5-6-19(26(11-18)41(2)48(4,44)45)14-36-28-23(31(33,34)35)15-37-30(40-28)39-25-13-24(32)22(12-27(25)46-3)29(43)38-20-7-9-42(10-8-20)21-16-47-17-21/h5-6,11-13,15,20-21H,7-10,14,16-17,35H2,1-4H3,(H,38,43)(H2,36,37,39,40). The molecule has 17 heteroatoms. The largest absolute Gasteiger partial charge is 0.495 e. The molecule has 0 saturated carbocycles. The van der Waals surface area contributed by atoms with E-state index in [0.29, 0.717) is 30.5 Å². The van der Waals surface area contributed by atoms with Crippen molar-refractivity contribution in [1.29, 1.82) is 0 Å². The summed E-state index contributed by atoms with van der Waals surface area (Å²) in [4.78, 5) is 23.5. The van der Waals surface area contributed by atoms with Crippen LogP contribution in [0.2, 0.25) is 0 Å². The lowest BCUT2D eigenvalue weighted by Gasteiger charge is -2.41. The fraction of sp³-hybridized carbons (Fsp3) is 0.452. The highest BCUT2D eigenvalue weighted by Gasteiger charge is 2.32. The van der Waals surface area contributed by atoms with Crippen LogP contribution in [0.4, 0.5) is 36.3 Å². The van der Waals surface area contributed by atoms with Crippen molar-refractivity contribution in [1.82, 2.24) is 20.2 Å². The Morgan fingerprint density at radius 1 is 1.21 bits per heavy atom. The van der Waals surface area contributed by atoms with Gasteiger partial charge in [-0.05, 0) is 43.0 Å². The minimum atomic E-state index is -3.83. The first-order valence-corrected chi connectivity index (χ1v) is 17.1. The summed E-state index contributed by atoms with van der Waals surface area (Å²) < 4.78 is 80.3. The topological polar surface area (TPSA) is 164 Å². The molecule has 2 saturated heterocycles. The Morgan fingerprint density at radius 2 is 1.92 bits per heavy atom. The Bertz CT molecular complexity index is 1760. The average Bonchev–Trinajstić information content (AvgIpc) is 2.99. The maximum atomic E-state index is 15.3. The lowest BCUT2D eigenvalue weighted by Crippen LogP contribution is -2.54. The summed E-state index contributed by atoms with van der Waals surface area (Å²) in [6.45, 7) is 4.73. The minimum Gasteiger partial charge on any atom is -0.495 e. The molecule has 0 spiro atoms. The normalized spacial score (nSPS) is 16.2. The zero-order chi connectivity index (χ0) is 34.8. The summed E-state index contributed by atoms with van der Waals surface area (Å²) in [5.74, 6) is -1.90. The number of halogens is 3. The average molecular weight is 693 g/mol. The highest BCUT2D eigenvalue weighted by atomic mass is 32.2. The number of anilines is 4. The van der Waals surface area contributed by atoms with Crippen molar-refractivity contribution in [3.63, 3.8) is 0 Å². The predicted octanol–water partition coefficient (Wildman–Crippen LogP) is 3.29. The van der Waals surface area contributed by atoms with E-state index in [2.05, 4.69) is 30.8 Å². The molecule has 2 aromatic carbocycles. The highest BCUT2D eigenvalue weighted by Crippen LogP contribution is 2.33. The van der Waals surface area contributed by atoms with Gasteiger partial charge in [0.1, 0.15) is 17.4 Å². The van der Waals surface area contributed by atoms with Gasteiger partial charge in [-0.3, -0.25) is 19.7 Å². The van der Waals surface area contributed by atoms with Crippen molar-refractivity contribution in [2.75, 3.05) is 61.7 Å². The molecular weight excluding hydrogens is 653 g/mol. The second-order valence-corrected chi connectivity index (χ2v) is 13.9. The number of piperidine rings is 1. The molecule has 13 nitrogen and oxygen atoms in total. The van der Waals surface area contributed by atoms with Crippen LogP contribution in [0.5, 0.6) is 5.75 Å². The van der Waals surface area contributed by atoms with Crippen molar-refractivity contribution in [2.45, 2.75) is 44.4 Å². The number of aryl methyl sites for hydroxylation is 1. The van der Waals surface area contributed by atoms with Gasteiger partial charge in [0.2, 0.25) is 16.0 Å². The van der Waals surface area contributed by atoms with E-state index < -0.39 is 33.4 Å². The zero-order valence-corrected chi connectivity index (χ0v) is 27.8. The van der Waals surface area contributed by atoms with Gasteiger partial charge in [0, 0.05) is 45.0 Å². The quantitative estimate of drug-likeness (QED) is 0.206. The van der Waals surface area contributed by atoms with Gasteiger partial charge < -0.3 is 25.4 Å². The maximum Gasteiger partial charge on any atom is 0.332 e. The molecule has 1 aromatic heterocycles.